The lowest BCUT2D eigenvalue weighted by molar-refractivity contribution is -0.438. The van der Waals surface area contributed by atoms with Crippen LogP contribution >= 0.6 is 0 Å². The maximum absolute atomic E-state index is 13.0. The molecule has 0 saturated heterocycles. The number of likely N-dealkylation sites (N-methyl/N-ethyl adjacent to an activating group) is 1. The van der Waals surface area contributed by atoms with Gasteiger partial charge in [0.25, 0.3) is 50.6 Å². The molecule has 6 rings (SSSR count). The summed E-state index contributed by atoms with van der Waals surface area (Å²) in [6.45, 7) is 8.16. The van der Waals surface area contributed by atoms with Gasteiger partial charge in [0.05, 0.1) is 73.8 Å². The number of benzene rings is 4. The first-order chi connectivity index (χ1) is 37.4. The second-order valence-corrected chi connectivity index (χ2v) is 26.7. The van der Waals surface area contributed by atoms with E-state index in [0.29, 0.717) is 91.7 Å². The largest absolute Gasteiger partial charge is 0.481 e. The Morgan fingerprint density at radius 2 is 1.11 bits per heavy atom. The van der Waals surface area contributed by atoms with Gasteiger partial charge in [0.2, 0.25) is 5.69 Å². The van der Waals surface area contributed by atoms with Gasteiger partial charge in [0, 0.05) is 78.4 Å². The van der Waals surface area contributed by atoms with Crippen molar-refractivity contribution in [2.24, 2.45) is 0 Å². The standard InChI is InChI=1S/C51H66N2O22S5/c1-5-52-41-16-14-37-39(31-35(77(59,60)61)33-43(37)79(65,66)67)48(41)50(2,18-10-30-76(56,57)58)45(52)11-9-12-46-51(3,19-21-72-24-25-74-28-29-75-27-26-73-23-22-71-4)49-40-32-36(78(62,63)64)34-44(80(68,69)70)38(40)15-17-42(49)53(46)20-8-6-7-13-47(54)55/h9,11-12,14-17,31-34H,5-8,10,13,18-30H2,1-4H3,(H5-,54,55,56,57,58,59,60,61,62,63,64,65,66,67,68,69,70)/p+1. The second kappa shape index (κ2) is 26.2. The SMILES string of the molecule is CCN1/C(=C/C=C/C2=[N+](CCCCCC(=O)O)c3ccc4c(S(=O)(=O)O)cc(S(=O)(=O)O)cc4c3C2(C)CCOCCOCCOCCOCCOC)C(C)(CCCS(=O)(=O)O)c2c1ccc1c(S(=O)(=O)O)cc(S(=O)(=O)O)cc21. The molecule has 0 radical (unpaired) electrons. The van der Waals surface area contributed by atoms with E-state index < -0.39 is 92.7 Å². The van der Waals surface area contributed by atoms with Gasteiger partial charge in [0.15, 0.2) is 5.71 Å². The number of carboxylic acid groups (broad SMARTS) is 1. The van der Waals surface area contributed by atoms with E-state index in [1.165, 1.54) is 12.1 Å². The Labute approximate surface area is 465 Å². The maximum Gasteiger partial charge on any atom is 0.303 e. The number of hydrogen-bond acceptors (Lipinski definition) is 17. The molecule has 0 spiro atoms. The molecule has 24 nitrogen and oxygen atoms in total. The van der Waals surface area contributed by atoms with Gasteiger partial charge in [-0.2, -0.15) is 46.7 Å². The minimum absolute atomic E-state index is 0.0218. The number of aliphatic carboxylic acids is 1. The van der Waals surface area contributed by atoms with Crippen LogP contribution in [-0.2, 0) is 89.9 Å². The second-order valence-electron chi connectivity index (χ2n) is 19.5. The monoisotopic (exact) mass is 1220 g/mol. The Kier molecular flexibility index (Phi) is 21.1. The molecule has 2 aliphatic rings. The number of carbonyl (C=O) groups is 1. The molecule has 0 aliphatic carbocycles. The number of ether oxygens (including phenoxy) is 5. The Bertz CT molecular complexity index is 3660. The smallest absolute Gasteiger partial charge is 0.303 e. The molecule has 0 aromatic heterocycles. The molecule has 0 fully saturated rings. The highest BCUT2D eigenvalue weighted by Gasteiger charge is 2.50. The van der Waals surface area contributed by atoms with Gasteiger partial charge in [-0.3, -0.25) is 27.6 Å². The molecule has 2 atom stereocenters. The van der Waals surface area contributed by atoms with Crippen LogP contribution in [0.25, 0.3) is 21.5 Å². The van der Waals surface area contributed by atoms with Crippen LogP contribution < -0.4 is 4.90 Å². The van der Waals surface area contributed by atoms with Crippen molar-refractivity contribution in [3.8, 4) is 0 Å². The van der Waals surface area contributed by atoms with E-state index in [4.69, 9.17) is 23.7 Å². The molecule has 4 aromatic carbocycles. The van der Waals surface area contributed by atoms with E-state index in [2.05, 4.69) is 0 Å². The highest BCUT2D eigenvalue weighted by molar-refractivity contribution is 7.87. The van der Waals surface area contributed by atoms with Gasteiger partial charge < -0.3 is 33.7 Å². The molecular weight excluding hydrogens is 1150 g/mol. The van der Waals surface area contributed by atoms with Crippen molar-refractivity contribution in [3.63, 3.8) is 0 Å². The summed E-state index contributed by atoms with van der Waals surface area (Å²) in [5, 5.41) is 9.21. The van der Waals surface area contributed by atoms with E-state index in [1.54, 1.807) is 58.2 Å². The first-order valence-electron chi connectivity index (χ1n) is 25.3. The number of hydrogen-bond donors (Lipinski definition) is 6. The van der Waals surface area contributed by atoms with Crippen molar-refractivity contribution in [2.75, 3.05) is 90.3 Å². The zero-order valence-electron chi connectivity index (χ0n) is 44.4. The van der Waals surface area contributed by atoms with E-state index >= 15 is 0 Å². The van der Waals surface area contributed by atoms with Crippen LogP contribution in [-0.4, -0.2) is 172 Å². The van der Waals surface area contributed by atoms with Crippen LogP contribution in [0.4, 0.5) is 11.4 Å². The number of nitrogens with zero attached hydrogens (tertiary/aromatic N) is 2. The van der Waals surface area contributed by atoms with Gasteiger partial charge in [-0.1, -0.05) is 12.1 Å². The third-order valence-electron chi connectivity index (χ3n) is 14.1. The molecule has 29 heteroatoms. The number of methoxy groups -OCH3 is 1. The lowest BCUT2D eigenvalue weighted by atomic mass is 9.74. The summed E-state index contributed by atoms with van der Waals surface area (Å²) >= 11 is 0. The molecular formula is C51H67N2O22S5+. The Morgan fingerprint density at radius 3 is 1.60 bits per heavy atom. The summed E-state index contributed by atoms with van der Waals surface area (Å²) in [6, 6.07) is 9.32. The summed E-state index contributed by atoms with van der Waals surface area (Å²) in [4.78, 5) is 9.99. The number of carboxylic acids is 1. The number of allylic oxidation sites excluding steroid dienone is 4. The van der Waals surface area contributed by atoms with Gasteiger partial charge in [-0.05, 0) is 112 Å². The van der Waals surface area contributed by atoms with Crippen LogP contribution in [0.2, 0.25) is 0 Å². The van der Waals surface area contributed by atoms with Crippen LogP contribution in [0.5, 0.6) is 0 Å². The van der Waals surface area contributed by atoms with Gasteiger partial charge >= 0.3 is 5.97 Å². The summed E-state index contributed by atoms with van der Waals surface area (Å²) < 4.78 is 208. The summed E-state index contributed by atoms with van der Waals surface area (Å²) in [5.41, 5.74) is -0.0654. The van der Waals surface area contributed by atoms with Gasteiger partial charge in [-0.25, -0.2) is 0 Å². The fourth-order valence-corrected chi connectivity index (χ4v) is 13.7. The Balaban J connectivity index is 1.52. The molecule has 0 amide bonds. The fraction of sp³-hybridized carbons (Fsp3) is 0.490. The third kappa shape index (κ3) is 15.2. The van der Waals surface area contributed by atoms with Crippen molar-refractivity contribution in [1.82, 2.24) is 0 Å². The minimum Gasteiger partial charge on any atom is -0.481 e. The van der Waals surface area contributed by atoms with Crippen LogP contribution in [0.1, 0.15) is 76.8 Å². The zero-order chi connectivity index (χ0) is 59.1. The molecule has 0 saturated carbocycles. The average molecular weight is 1220 g/mol. The molecule has 2 heterocycles. The molecule has 442 valence electrons. The van der Waals surface area contributed by atoms with Gasteiger partial charge in [-0.15, -0.1) is 0 Å². The topological polar surface area (TPSA) is 362 Å². The third-order valence-corrected chi connectivity index (χ3v) is 18.4. The molecule has 80 heavy (non-hydrogen) atoms. The van der Waals surface area contributed by atoms with Crippen molar-refractivity contribution >= 4 is 95.2 Å². The first-order valence-corrected chi connectivity index (χ1v) is 32.7. The van der Waals surface area contributed by atoms with Gasteiger partial charge in [0.1, 0.15) is 16.3 Å². The highest BCUT2D eigenvalue weighted by Crippen LogP contribution is 2.54. The maximum atomic E-state index is 13.0. The van der Waals surface area contributed by atoms with E-state index in [9.17, 15) is 74.8 Å². The minimum atomic E-state index is -5.14. The van der Waals surface area contributed by atoms with Crippen LogP contribution in [0, 0.1) is 0 Å². The van der Waals surface area contributed by atoms with Crippen molar-refractivity contribution in [1.29, 1.82) is 0 Å². The van der Waals surface area contributed by atoms with Crippen LogP contribution in [0.15, 0.2) is 92.0 Å². The van der Waals surface area contributed by atoms with E-state index in [1.807, 2.05) is 9.48 Å². The van der Waals surface area contributed by atoms with E-state index in [-0.39, 0.29) is 93.4 Å². The predicted molar refractivity (Wildman–Crippen MR) is 293 cm³/mol. The zero-order valence-corrected chi connectivity index (χ0v) is 48.5. The number of rotatable bonds is 32. The highest BCUT2D eigenvalue weighted by atomic mass is 32.2. The van der Waals surface area contributed by atoms with Crippen molar-refractivity contribution < 1.29 is 103 Å². The summed E-state index contributed by atoms with van der Waals surface area (Å²) in [7, 11) is -23.4. The Hall–Kier alpha value is -4.83. The predicted octanol–water partition coefficient (Wildman–Crippen LogP) is 5.99. The number of unbranched alkanes of at least 4 members (excludes halogenated alkanes) is 2. The average Bonchev–Trinajstić information content (AvgIpc) is 3.74. The molecule has 2 unspecified atom stereocenters. The summed E-state index contributed by atoms with van der Waals surface area (Å²) in [5.74, 6) is -1.70. The normalized spacial score (nSPS) is 18.6. The Morgan fingerprint density at radius 1 is 0.600 bits per heavy atom. The summed E-state index contributed by atoms with van der Waals surface area (Å²) in [6.07, 6.45) is 6.02. The molecule has 2 aliphatic heterocycles. The molecule has 4 aromatic rings. The number of anilines is 1. The van der Waals surface area contributed by atoms with Crippen molar-refractivity contribution in [3.05, 3.63) is 83.6 Å². The van der Waals surface area contributed by atoms with Crippen LogP contribution in [0.3, 0.4) is 0 Å². The molecule has 6 N–H and O–H groups in total. The quantitative estimate of drug-likeness (QED) is 0.0186. The van der Waals surface area contributed by atoms with Crippen molar-refractivity contribution in [2.45, 2.75) is 96.1 Å². The first kappa shape index (κ1) is 64.3. The molecule has 0 bridgehead atoms. The fourth-order valence-electron chi connectivity index (χ4n) is 10.6. The lowest BCUT2D eigenvalue weighted by Crippen LogP contribution is -2.33. The van der Waals surface area contributed by atoms with E-state index in [0.717, 1.165) is 12.1 Å². The lowest BCUT2D eigenvalue weighted by Gasteiger charge is -2.30. The number of fused-ring (bicyclic) bond motifs is 6.